The van der Waals surface area contributed by atoms with Gasteiger partial charge in [-0.05, 0) is 30.7 Å². The van der Waals surface area contributed by atoms with Crippen LogP contribution in [0.3, 0.4) is 0 Å². The number of alkyl halides is 2. The van der Waals surface area contributed by atoms with E-state index in [0.29, 0.717) is 0 Å². The summed E-state index contributed by atoms with van der Waals surface area (Å²) in [6, 6.07) is 4.03. The summed E-state index contributed by atoms with van der Waals surface area (Å²) in [7, 11) is -2.36. The number of aryl methyl sites for hydroxylation is 1. The molecule has 1 aliphatic carbocycles. The van der Waals surface area contributed by atoms with Crippen molar-refractivity contribution in [3.63, 3.8) is 0 Å². The van der Waals surface area contributed by atoms with Gasteiger partial charge in [-0.15, -0.1) is 0 Å². The van der Waals surface area contributed by atoms with Crippen LogP contribution in [-0.2, 0) is 10.0 Å². The summed E-state index contributed by atoms with van der Waals surface area (Å²) in [6.07, 6.45) is -0.809. The molecule has 0 aliphatic heterocycles. The first kappa shape index (κ1) is 14.9. The molecule has 0 atom stereocenters. The fraction of sp³-hybridized carbons (Fsp3) is 0.500. The summed E-state index contributed by atoms with van der Waals surface area (Å²) in [5.41, 5.74) is 0.786. The summed E-state index contributed by atoms with van der Waals surface area (Å²) < 4.78 is 52.1. The molecule has 0 amide bonds. The predicted octanol–water partition coefficient (Wildman–Crippen LogP) is 3.18. The Balaban J connectivity index is 2.25. The van der Waals surface area contributed by atoms with Crippen LogP contribution in [0.4, 0.5) is 8.78 Å². The highest BCUT2D eigenvalue weighted by molar-refractivity contribution is 9.10. The van der Waals surface area contributed by atoms with Crippen LogP contribution in [0.5, 0.6) is 0 Å². The lowest BCUT2D eigenvalue weighted by atomic mass is 9.88. The molecule has 0 unspecified atom stereocenters. The van der Waals surface area contributed by atoms with E-state index in [0.717, 1.165) is 14.3 Å². The van der Waals surface area contributed by atoms with Crippen molar-refractivity contribution in [3.05, 3.63) is 28.2 Å². The zero-order valence-electron chi connectivity index (χ0n) is 10.5. The van der Waals surface area contributed by atoms with Crippen molar-refractivity contribution in [3.8, 4) is 0 Å². The van der Waals surface area contributed by atoms with Crippen LogP contribution < -0.4 is 0 Å². The highest BCUT2D eigenvalue weighted by atomic mass is 79.9. The van der Waals surface area contributed by atoms with Crippen LogP contribution in [0, 0.1) is 6.92 Å². The second-order valence-corrected chi connectivity index (χ2v) is 7.70. The molecule has 0 saturated heterocycles. The third kappa shape index (κ3) is 2.83. The summed E-state index contributed by atoms with van der Waals surface area (Å²) in [5.74, 6) is -2.73. The SMILES string of the molecule is Cc1cc(S(=O)(=O)N(C)C2CC(F)(F)C2)ccc1Br. The Hall–Kier alpha value is -0.530. The van der Waals surface area contributed by atoms with Crippen molar-refractivity contribution in [2.45, 2.75) is 36.6 Å². The van der Waals surface area contributed by atoms with Gasteiger partial charge in [0.05, 0.1) is 4.90 Å². The van der Waals surface area contributed by atoms with Crippen LogP contribution in [-0.4, -0.2) is 31.7 Å². The minimum atomic E-state index is -3.71. The van der Waals surface area contributed by atoms with E-state index in [1.54, 1.807) is 13.0 Å². The predicted molar refractivity (Wildman–Crippen MR) is 71.8 cm³/mol. The molecule has 0 bridgehead atoms. The standard InChI is InChI=1S/C12H14BrF2NO2S/c1-8-5-10(3-4-11(8)13)19(17,18)16(2)9-6-12(14,15)7-9/h3-5,9H,6-7H2,1-2H3. The Morgan fingerprint density at radius 2 is 1.95 bits per heavy atom. The lowest BCUT2D eigenvalue weighted by Crippen LogP contribution is -2.51. The largest absolute Gasteiger partial charge is 0.251 e. The van der Waals surface area contributed by atoms with Crippen LogP contribution in [0.15, 0.2) is 27.6 Å². The quantitative estimate of drug-likeness (QED) is 0.836. The van der Waals surface area contributed by atoms with Crippen molar-refractivity contribution in [1.82, 2.24) is 4.31 Å². The minimum Gasteiger partial charge on any atom is -0.207 e. The van der Waals surface area contributed by atoms with Crippen LogP contribution in [0.25, 0.3) is 0 Å². The number of sulfonamides is 1. The lowest BCUT2D eigenvalue weighted by Gasteiger charge is -2.39. The zero-order chi connectivity index (χ0) is 14.4. The van der Waals surface area contributed by atoms with Crippen LogP contribution in [0.1, 0.15) is 18.4 Å². The Morgan fingerprint density at radius 1 is 1.37 bits per heavy atom. The molecule has 19 heavy (non-hydrogen) atoms. The first-order valence-corrected chi connectivity index (χ1v) is 7.99. The molecule has 7 heteroatoms. The van der Waals surface area contributed by atoms with Crippen molar-refractivity contribution >= 4 is 26.0 Å². The summed E-state index contributed by atoms with van der Waals surface area (Å²) in [6.45, 7) is 1.78. The third-order valence-corrected chi connectivity index (χ3v) is 6.18. The van der Waals surface area contributed by atoms with Crippen molar-refractivity contribution in [1.29, 1.82) is 0 Å². The summed E-state index contributed by atoms with van der Waals surface area (Å²) >= 11 is 3.29. The molecule has 1 saturated carbocycles. The molecule has 106 valence electrons. The molecule has 1 aliphatic rings. The number of nitrogens with zero attached hydrogens (tertiary/aromatic N) is 1. The van der Waals surface area contributed by atoms with Crippen LogP contribution in [0.2, 0.25) is 0 Å². The van der Waals surface area contributed by atoms with Crippen molar-refractivity contribution in [2.75, 3.05) is 7.05 Å². The highest BCUT2D eigenvalue weighted by Crippen LogP contribution is 2.41. The number of halogens is 3. The Labute approximate surface area is 119 Å². The second-order valence-electron chi connectivity index (χ2n) is 4.85. The molecule has 0 spiro atoms. The van der Waals surface area contributed by atoms with Gasteiger partial charge < -0.3 is 0 Å². The molecule has 1 aromatic rings. The van der Waals surface area contributed by atoms with Gasteiger partial charge in [-0.3, -0.25) is 0 Å². The molecule has 0 heterocycles. The van der Waals surface area contributed by atoms with Gasteiger partial charge in [-0.2, -0.15) is 4.31 Å². The molecule has 0 aromatic heterocycles. The van der Waals surface area contributed by atoms with Crippen molar-refractivity contribution < 1.29 is 17.2 Å². The molecule has 2 rings (SSSR count). The highest BCUT2D eigenvalue weighted by Gasteiger charge is 2.49. The molecule has 3 nitrogen and oxygen atoms in total. The van der Waals surface area contributed by atoms with Crippen molar-refractivity contribution in [2.24, 2.45) is 0 Å². The van der Waals surface area contributed by atoms with Gasteiger partial charge in [0.15, 0.2) is 0 Å². The fourth-order valence-electron chi connectivity index (χ4n) is 2.03. The monoisotopic (exact) mass is 353 g/mol. The first-order chi connectivity index (χ1) is 8.63. The van der Waals surface area contributed by atoms with E-state index < -0.39 is 34.8 Å². The van der Waals surface area contributed by atoms with E-state index in [9.17, 15) is 17.2 Å². The maximum absolute atomic E-state index is 12.8. The maximum atomic E-state index is 12.8. The molecule has 0 N–H and O–H groups in total. The van der Waals surface area contributed by atoms with E-state index >= 15 is 0 Å². The van der Waals surface area contributed by atoms with E-state index in [1.807, 2.05) is 0 Å². The Kier molecular flexibility index (Phi) is 3.75. The topological polar surface area (TPSA) is 37.4 Å². The number of benzene rings is 1. The van der Waals surface area contributed by atoms with Gasteiger partial charge in [-0.25, -0.2) is 17.2 Å². The van der Waals surface area contributed by atoms with Gasteiger partial charge in [0, 0.05) is 30.4 Å². The number of rotatable bonds is 3. The summed E-state index contributed by atoms with van der Waals surface area (Å²) in [4.78, 5) is 0.130. The zero-order valence-corrected chi connectivity index (χ0v) is 12.9. The molecule has 1 fully saturated rings. The van der Waals surface area contributed by atoms with Gasteiger partial charge in [0.2, 0.25) is 10.0 Å². The second kappa shape index (κ2) is 4.79. The fourth-order valence-corrected chi connectivity index (χ4v) is 3.71. The maximum Gasteiger partial charge on any atom is 0.251 e. The molecular formula is C12H14BrF2NO2S. The smallest absolute Gasteiger partial charge is 0.207 e. The minimum absolute atomic E-state index is 0.130. The first-order valence-electron chi connectivity index (χ1n) is 5.75. The molecule has 0 radical (unpaired) electrons. The van der Waals surface area contributed by atoms with Gasteiger partial charge in [0.25, 0.3) is 5.92 Å². The molecule has 1 aromatic carbocycles. The van der Waals surface area contributed by atoms with E-state index in [-0.39, 0.29) is 4.90 Å². The van der Waals surface area contributed by atoms with E-state index in [2.05, 4.69) is 15.9 Å². The lowest BCUT2D eigenvalue weighted by molar-refractivity contribution is -0.106. The molecular weight excluding hydrogens is 340 g/mol. The normalized spacial score (nSPS) is 19.5. The average molecular weight is 354 g/mol. The number of hydrogen-bond donors (Lipinski definition) is 0. The Bertz CT molecular complexity index is 596. The average Bonchev–Trinajstić information content (AvgIpc) is 2.28. The Morgan fingerprint density at radius 3 is 2.42 bits per heavy atom. The summed E-state index contributed by atoms with van der Waals surface area (Å²) in [5, 5.41) is 0. The van der Waals surface area contributed by atoms with Crippen LogP contribution >= 0.6 is 15.9 Å². The van der Waals surface area contributed by atoms with E-state index in [1.165, 1.54) is 19.2 Å². The van der Waals surface area contributed by atoms with Gasteiger partial charge in [0.1, 0.15) is 0 Å². The third-order valence-electron chi connectivity index (χ3n) is 3.39. The van der Waals surface area contributed by atoms with E-state index in [4.69, 9.17) is 0 Å². The number of hydrogen-bond acceptors (Lipinski definition) is 2. The van der Waals surface area contributed by atoms with Gasteiger partial charge >= 0.3 is 0 Å². The van der Waals surface area contributed by atoms with Gasteiger partial charge in [-0.1, -0.05) is 15.9 Å².